The number of ether oxygens (including phenoxy) is 1. The smallest absolute Gasteiger partial charge is 0.345 e. The number of fused-ring (bicyclic) bond motifs is 1. The zero-order valence-corrected chi connectivity index (χ0v) is 19.3. The number of aliphatic imine (C=N–C) groups is 1. The highest BCUT2D eigenvalue weighted by Gasteiger charge is 2.16. The summed E-state index contributed by atoms with van der Waals surface area (Å²) in [4.78, 5) is 16.5. The fraction of sp³-hybridized carbons (Fsp3) is 0.632. The lowest BCUT2D eigenvalue weighted by Gasteiger charge is -2.11. The van der Waals surface area contributed by atoms with E-state index in [4.69, 9.17) is 9.15 Å². The Morgan fingerprint density at radius 3 is 2.86 bits per heavy atom. The number of halogens is 1. The maximum atomic E-state index is 12.3. The maximum absolute atomic E-state index is 12.3. The molecule has 0 aromatic carbocycles. The quantitative estimate of drug-likeness (QED) is 0.215. The van der Waals surface area contributed by atoms with Gasteiger partial charge in [0.2, 0.25) is 0 Å². The molecule has 10 heteroatoms. The summed E-state index contributed by atoms with van der Waals surface area (Å²) in [6, 6.07) is 3.75. The standard InChI is InChI=1S/C19H30N6O3.HI/c1-20-18(22-10-6-13-27-15-16-7-4-14-28-16)21-9-5-12-25-19(26)24-11-3-2-8-17(24)23-25;/h4,7,14H,2-3,5-6,8-13,15H2,1H3,(H2,20,21,22);1H. The molecule has 2 N–H and O–H groups in total. The first-order valence-corrected chi connectivity index (χ1v) is 9.99. The molecule has 9 nitrogen and oxygen atoms in total. The summed E-state index contributed by atoms with van der Waals surface area (Å²) in [5, 5.41) is 11.0. The molecule has 162 valence electrons. The average molecular weight is 518 g/mol. The normalized spacial score (nSPS) is 13.6. The van der Waals surface area contributed by atoms with E-state index < -0.39 is 0 Å². The highest BCUT2D eigenvalue weighted by molar-refractivity contribution is 14.0. The number of hydrogen-bond acceptors (Lipinski definition) is 5. The lowest BCUT2D eigenvalue weighted by molar-refractivity contribution is 0.105. The fourth-order valence-corrected chi connectivity index (χ4v) is 3.20. The topological polar surface area (TPSA) is 98.6 Å². The van der Waals surface area contributed by atoms with Crippen LogP contribution in [0.3, 0.4) is 0 Å². The number of guanidine groups is 1. The second-order valence-electron chi connectivity index (χ2n) is 6.80. The van der Waals surface area contributed by atoms with E-state index in [0.29, 0.717) is 19.8 Å². The van der Waals surface area contributed by atoms with Gasteiger partial charge < -0.3 is 19.8 Å². The van der Waals surface area contributed by atoms with Crippen LogP contribution < -0.4 is 16.3 Å². The van der Waals surface area contributed by atoms with Crippen LogP contribution in [0.25, 0.3) is 0 Å². The Morgan fingerprint density at radius 1 is 1.31 bits per heavy atom. The van der Waals surface area contributed by atoms with Crippen molar-refractivity contribution in [3.8, 4) is 0 Å². The highest BCUT2D eigenvalue weighted by atomic mass is 127. The number of rotatable bonds is 10. The van der Waals surface area contributed by atoms with Gasteiger partial charge in [-0.25, -0.2) is 9.48 Å². The first kappa shape index (κ1) is 23.5. The molecule has 0 unspecified atom stereocenters. The number of furan rings is 1. The molecule has 3 rings (SSSR count). The lowest BCUT2D eigenvalue weighted by Crippen LogP contribution is -2.39. The van der Waals surface area contributed by atoms with Crippen LogP contribution in [0, 0.1) is 0 Å². The maximum Gasteiger partial charge on any atom is 0.345 e. The number of nitrogens with one attached hydrogen (secondary N) is 2. The largest absolute Gasteiger partial charge is 0.467 e. The average Bonchev–Trinajstić information content (AvgIpc) is 3.34. The van der Waals surface area contributed by atoms with Crippen molar-refractivity contribution in [1.82, 2.24) is 25.0 Å². The van der Waals surface area contributed by atoms with Gasteiger partial charge in [-0.2, -0.15) is 5.10 Å². The summed E-state index contributed by atoms with van der Waals surface area (Å²) < 4.78 is 14.2. The van der Waals surface area contributed by atoms with Gasteiger partial charge in [-0.1, -0.05) is 0 Å². The third kappa shape index (κ3) is 7.18. The third-order valence-corrected chi connectivity index (χ3v) is 4.68. The van der Waals surface area contributed by atoms with Crippen molar-refractivity contribution in [1.29, 1.82) is 0 Å². The Bertz CT molecular complexity index is 799. The van der Waals surface area contributed by atoms with Gasteiger partial charge in [-0.05, 0) is 37.8 Å². The molecule has 3 heterocycles. The highest BCUT2D eigenvalue weighted by Crippen LogP contribution is 2.09. The Labute approximate surface area is 187 Å². The molecule has 2 aromatic rings. The van der Waals surface area contributed by atoms with Crippen LogP contribution >= 0.6 is 24.0 Å². The van der Waals surface area contributed by atoms with Gasteiger partial charge in [-0.3, -0.25) is 9.56 Å². The van der Waals surface area contributed by atoms with E-state index in [1.165, 1.54) is 0 Å². The molecular formula is C19H31IN6O3. The molecule has 29 heavy (non-hydrogen) atoms. The Balaban J connectivity index is 0.00000300. The van der Waals surface area contributed by atoms with Crippen molar-refractivity contribution in [3.05, 3.63) is 40.5 Å². The first-order valence-electron chi connectivity index (χ1n) is 9.99. The summed E-state index contributed by atoms with van der Waals surface area (Å²) in [7, 11) is 1.75. The second kappa shape index (κ2) is 12.7. The molecule has 0 amide bonds. The van der Waals surface area contributed by atoms with Crippen molar-refractivity contribution >= 4 is 29.9 Å². The van der Waals surface area contributed by atoms with Crippen LogP contribution in [0.2, 0.25) is 0 Å². The van der Waals surface area contributed by atoms with Gasteiger partial charge in [0.15, 0.2) is 5.96 Å². The molecule has 0 radical (unpaired) electrons. The minimum atomic E-state index is 0. The van der Waals surface area contributed by atoms with Gasteiger partial charge >= 0.3 is 5.69 Å². The molecule has 0 fully saturated rings. The van der Waals surface area contributed by atoms with Crippen LogP contribution in [0.5, 0.6) is 0 Å². The Hall–Kier alpha value is -1.82. The van der Waals surface area contributed by atoms with Crippen LogP contribution in [0.15, 0.2) is 32.6 Å². The third-order valence-electron chi connectivity index (χ3n) is 4.68. The molecule has 0 aliphatic carbocycles. The van der Waals surface area contributed by atoms with Crippen molar-refractivity contribution in [3.63, 3.8) is 0 Å². The minimum Gasteiger partial charge on any atom is -0.467 e. The summed E-state index contributed by atoms with van der Waals surface area (Å²) in [5.41, 5.74) is 0.0201. The molecule has 2 aromatic heterocycles. The fourth-order valence-electron chi connectivity index (χ4n) is 3.20. The monoisotopic (exact) mass is 518 g/mol. The molecule has 1 aliphatic rings. The SMILES string of the molecule is CN=C(NCCCOCc1ccco1)NCCCn1nc2n(c1=O)CCCC2.I. The predicted molar refractivity (Wildman–Crippen MR) is 122 cm³/mol. The minimum absolute atomic E-state index is 0. The van der Waals surface area contributed by atoms with Gasteiger partial charge in [0.25, 0.3) is 0 Å². The number of aromatic nitrogens is 3. The molecule has 1 aliphatic heterocycles. The van der Waals surface area contributed by atoms with E-state index in [1.807, 2.05) is 16.7 Å². The van der Waals surface area contributed by atoms with E-state index in [2.05, 4.69) is 20.7 Å². The van der Waals surface area contributed by atoms with Gasteiger partial charge in [0.1, 0.15) is 18.2 Å². The second-order valence-corrected chi connectivity index (χ2v) is 6.80. The molecule has 0 atom stereocenters. The molecule has 0 spiro atoms. The van der Waals surface area contributed by atoms with E-state index in [1.54, 1.807) is 18.0 Å². The molecule has 0 bridgehead atoms. The number of hydrogen-bond donors (Lipinski definition) is 2. The van der Waals surface area contributed by atoms with Crippen LogP contribution in [-0.4, -0.2) is 47.1 Å². The number of nitrogens with zero attached hydrogens (tertiary/aromatic N) is 4. The lowest BCUT2D eigenvalue weighted by atomic mass is 10.2. The molecular weight excluding hydrogens is 487 g/mol. The molecule has 0 saturated heterocycles. The van der Waals surface area contributed by atoms with Crippen molar-refractivity contribution in [2.45, 2.75) is 51.8 Å². The summed E-state index contributed by atoms with van der Waals surface area (Å²) in [5.74, 6) is 2.52. The molecule has 0 saturated carbocycles. The van der Waals surface area contributed by atoms with E-state index in [9.17, 15) is 4.79 Å². The summed E-state index contributed by atoms with van der Waals surface area (Å²) in [6.07, 6.45) is 6.42. The van der Waals surface area contributed by atoms with E-state index >= 15 is 0 Å². The zero-order chi connectivity index (χ0) is 19.6. The van der Waals surface area contributed by atoms with Gasteiger partial charge in [0, 0.05) is 46.3 Å². The first-order chi connectivity index (χ1) is 13.8. The Morgan fingerprint density at radius 2 is 2.14 bits per heavy atom. The van der Waals surface area contributed by atoms with Crippen molar-refractivity contribution in [2.75, 3.05) is 26.7 Å². The zero-order valence-electron chi connectivity index (χ0n) is 16.9. The summed E-state index contributed by atoms with van der Waals surface area (Å²) in [6.45, 7) is 4.06. The van der Waals surface area contributed by atoms with Crippen molar-refractivity contribution in [2.24, 2.45) is 4.99 Å². The number of aryl methyl sites for hydroxylation is 2. The van der Waals surface area contributed by atoms with E-state index in [-0.39, 0.29) is 29.7 Å². The van der Waals surface area contributed by atoms with Crippen molar-refractivity contribution < 1.29 is 9.15 Å². The van der Waals surface area contributed by atoms with Gasteiger partial charge in [-0.15, -0.1) is 24.0 Å². The van der Waals surface area contributed by atoms with Gasteiger partial charge in [0.05, 0.1) is 6.26 Å². The van der Waals surface area contributed by atoms with Crippen LogP contribution in [0.4, 0.5) is 0 Å². The Kier molecular flexibility index (Phi) is 10.3. The van der Waals surface area contributed by atoms with Crippen LogP contribution in [-0.2, 0) is 30.9 Å². The van der Waals surface area contributed by atoms with E-state index in [0.717, 1.165) is 69.3 Å². The summed E-state index contributed by atoms with van der Waals surface area (Å²) >= 11 is 0. The van der Waals surface area contributed by atoms with Crippen LogP contribution in [0.1, 0.15) is 37.3 Å². The predicted octanol–water partition coefficient (Wildman–Crippen LogP) is 1.75.